The second-order valence-electron chi connectivity index (χ2n) is 6.44. The average Bonchev–Trinajstić information content (AvgIpc) is 2.88. The van der Waals surface area contributed by atoms with Crippen LogP contribution in [0.2, 0.25) is 0 Å². The van der Waals surface area contributed by atoms with Crippen LogP contribution in [0.5, 0.6) is 0 Å². The van der Waals surface area contributed by atoms with E-state index in [0.29, 0.717) is 0 Å². The SMILES string of the molecule is CC1(C)CN2C(CSC3=NCC(C)(C)N3)=CSC2=N1.Cl.Cl. The topological polar surface area (TPSA) is 40.0 Å². The highest BCUT2D eigenvalue weighted by atomic mass is 35.5. The summed E-state index contributed by atoms with van der Waals surface area (Å²) in [6.45, 7) is 10.6. The van der Waals surface area contributed by atoms with Crippen molar-refractivity contribution in [1.29, 1.82) is 0 Å². The van der Waals surface area contributed by atoms with E-state index in [2.05, 4.69) is 48.3 Å². The van der Waals surface area contributed by atoms with Crippen molar-refractivity contribution in [2.75, 3.05) is 18.8 Å². The van der Waals surface area contributed by atoms with Crippen molar-refractivity contribution in [1.82, 2.24) is 10.2 Å². The average molecular weight is 369 g/mol. The van der Waals surface area contributed by atoms with Crippen molar-refractivity contribution in [2.24, 2.45) is 9.98 Å². The molecule has 0 saturated carbocycles. The van der Waals surface area contributed by atoms with Crippen molar-refractivity contribution in [3.63, 3.8) is 0 Å². The fourth-order valence-corrected chi connectivity index (χ4v) is 4.48. The Bertz CT molecular complexity index is 500. The molecule has 21 heavy (non-hydrogen) atoms. The summed E-state index contributed by atoms with van der Waals surface area (Å²) in [5, 5.41) is 7.91. The monoisotopic (exact) mass is 368 g/mol. The van der Waals surface area contributed by atoms with E-state index in [0.717, 1.165) is 29.2 Å². The molecular weight excluding hydrogens is 347 g/mol. The number of halogens is 2. The molecule has 3 aliphatic heterocycles. The van der Waals surface area contributed by atoms with Gasteiger partial charge in [-0.1, -0.05) is 23.5 Å². The van der Waals surface area contributed by atoms with Crippen molar-refractivity contribution in [2.45, 2.75) is 38.8 Å². The Morgan fingerprint density at radius 3 is 2.67 bits per heavy atom. The summed E-state index contributed by atoms with van der Waals surface area (Å²) in [6, 6.07) is 0. The molecule has 0 aromatic rings. The summed E-state index contributed by atoms with van der Waals surface area (Å²) in [4.78, 5) is 11.6. The Morgan fingerprint density at radius 1 is 1.33 bits per heavy atom. The minimum Gasteiger partial charge on any atom is -0.358 e. The number of nitrogens with one attached hydrogen (secondary N) is 1. The van der Waals surface area contributed by atoms with Crippen LogP contribution < -0.4 is 5.32 Å². The number of hydrogen-bond acceptors (Lipinski definition) is 6. The summed E-state index contributed by atoms with van der Waals surface area (Å²) in [5.41, 5.74) is 1.52. The lowest BCUT2D eigenvalue weighted by Gasteiger charge is -2.21. The zero-order chi connectivity index (χ0) is 13.7. The summed E-state index contributed by atoms with van der Waals surface area (Å²) < 4.78 is 0. The first-order chi connectivity index (χ1) is 8.85. The zero-order valence-corrected chi connectivity index (χ0v) is 15.9. The minimum absolute atomic E-state index is 0. The second-order valence-corrected chi connectivity index (χ2v) is 8.24. The minimum atomic E-state index is 0. The Labute approximate surface area is 147 Å². The highest BCUT2D eigenvalue weighted by Crippen LogP contribution is 2.36. The molecule has 0 aromatic heterocycles. The molecule has 0 bridgehead atoms. The fraction of sp³-hybridized carbons (Fsp3) is 0.692. The van der Waals surface area contributed by atoms with Crippen LogP contribution in [0.15, 0.2) is 21.1 Å². The summed E-state index contributed by atoms with van der Waals surface area (Å²) in [7, 11) is 0. The van der Waals surface area contributed by atoms with Gasteiger partial charge in [0.15, 0.2) is 10.3 Å². The third-order valence-corrected chi connectivity index (χ3v) is 5.10. The molecule has 3 rings (SSSR count). The summed E-state index contributed by atoms with van der Waals surface area (Å²) in [6.07, 6.45) is 0. The van der Waals surface area contributed by atoms with E-state index in [1.807, 2.05) is 0 Å². The van der Waals surface area contributed by atoms with E-state index in [-0.39, 0.29) is 35.9 Å². The fourth-order valence-electron chi connectivity index (χ4n) is 2.28. The Kier molecular flexibility index (Phi) is 5.98. The quantitative estimate of drug-likeness (QED) is 0.811. The molecule has 0 aromatic carbocycles. The molecular formula is C13H22Cl2N4S2. The van der Waals surface area contributed by atoms with Gasteiger partial charge in [0.25, 0.3) is 0 Å². The highest BCUT2D eigenvalue weighted by Gasteiger charge is 2.36. The molecule has 120 valence electrons. The van der Waals surface area contributed by atoms with Gasteiger partial charge < -0.3 is 10.2 Å². The van der Waals surface area contributed by atoms with Crippen molar-refractivity contribution in [3.05, 3.63) is 11.1 Å². The first kappa shape index (κ1) is 19.0. The molecule has 0 saturated heterocycles. The second kappa shape index (κ2) is 6.60. The lowest BCUT2D eigenvalue weighted by atomic mass is 10.1. The van der Waals surface area contributed by atoms with Gasteiger partial charge in [0.05, 0.1) is 17.6 Å². The van der Waals surface area contributed by atoms with Crippen LogP contribution in [0, 0.1) is 0 Å². The van der Waals surface area contributed by atoms with Crippen LogP contribution in [0.25, 0.3) is 0 Å². The number of nitrogens with zero attached hydrogens (tertiary/aromatic N) is 3. The lowest BCUT2D eigenvalue weighted by molar-refractivity contribution is 0.436. The Morgan fingerprint density at radius 2 is 2.05 bits per heavy atom. The highest BCUT2D eigenvalue weighted by molar-refractivity contribution is 8.17. The maximum absolute atomic E-state index is 4.73. The molecule has 0 radical (unpaired) electrons. The van der Waals surface area contributed by atoms with E-state index >= 15 is 0 Å². The molecule has 0 atom stereocenters. The molecule has 0 fully saturated rings. The van der Waals surface area contributed by atoms with Gasteiger partial charge in [0.1, 0.15) is 0 Å². The summed E-state index contributed by atoms with van der Waals surface area (Å²) >= 11 is 3.54. The molecule has 1 N–H and O–H groups in total. The number of aliphatic imine (C=N–C) groups is 2. The maximum atomic E-state index is 4.73. The van der Waals surface area contributed by atoms with Gasteiger partial charge in [-0.15, -0.1) is 24.8 Å². The van der Waals surface area contributed by atoms with Gasteiger partial charge in [0, 0.05) is 18.0 Å². The first-order valence-electron chi connectivity index (χ1n) is 6.53. The van der Waals surface area contributed by atoms with Gasteiger partial charge >= 0.3 is 0 Å². The van der Waals surface area contributed by atoms with E-state index in [9.17, 15) is 0 Å². The van der Waals surface area contributed by atoms with Gasteiger partial charge in [-0.05, 0) is 33.1 Å². The van der Waals surface area contributed by atoms with Crippen LogP contribution in [0.3, 0.4) is 0 Å². The first-order valence-corrected chi connectivity index (χ1v) is 8.40. The molecule has 4 nitrogen and oxygen atoms in total. The summed E-state index contributed by atoms with van der Waals surface area (Å²) in [5.74, 6) is 0.962. The smallest absolute Gasteiger partial charge is 0.168 e. The molecule has 0 amide bonds. The van der Waals surface area contributed by atoms with Gasteiger partial charge in [-0.2, -0.15) is 0 Å². The van der Waals surface area contributed by atoms with Gasteiger partial charge in [-0.25, -0.2) is 0 Å². The third kappa shape index (κ3) is 4.24. The van der Waals surface area contributed by atoms with Crippen LogP contribution in [-0.2, 0) is 0 Å². The normalized spacial score (nSPS) is 24.2. The molecule has 3 aliphatic rings. The number of rotatable bonds is 2. The van der Waals surface area contributed by atoms with Crippen LogP contribution >= 0.6 is 48.3 Å². The van der Waals surface area contributed by atoms with Crippen molar-refractivity contribution in [3.8, 4) is 0 Å². The van der Waals surface area contributed by atoms with Crippen molar-refractivity contribution >= 4 is 58.7 Å². The zero-order valence-electron chi connectivity index (χ0n) is 12.7. The molecule has 3 heterocycles. The predicted molar refractivity (Wildman–Crippen MR) is 100 cm³/mol. The van der Waals surface area contributed by atoms with E-state index in [1.165, 1.54) is 5.70 Å². The number of hydrogen-bond donors (Lipinski definition) is 1. The number of thioether (sulfide) groups is 2. The largest absolute Gasteiger partial charge is 0.358 e. The van der Waals surface area contributed by atoms with Crippen LogP contribution in [-0.4, -0.2) is 45.2 Å². The lowest BCUT2D eigenvalue weighted by Crippen LogP contribution is -2.38. The van der Waals surface area contributed by atoms with E-state index in [1.54, 1.807) is 23.5 Å². The number of amidine groups is 2. The third-order valence-electron chi connectivity index (χ3n) is 3.24. The van der Waals surface area contributed by atoms with Gasteiger partial charge in [0.2, 0.25) is 0 Å². The van der Waals surface area contributed by atoms with Gasteiger partial charge in [-0.3, -0.25) is 9.98 Å². The van der Waals surface area contributed by atoms with Crippen LogP contribution in [0.1, 0.15) is 27.7 Å². The molecule has 0 aliphatic carbocycles. The van der Waals surface area contributed by atoms with E-state index < -0.39 is 0 Å². The van der Waals surface area contributed by atoms with Crippen molar-refractivity contribution < 1.29 is 0 Å². The molecule has 0 unspecified atom stereocenters. The van der Waals surface area contributed by atoms with Crippen LogP contribution in [0.4, 0.5) is 0 Å². The maximum Gasteiger partial charge on any atom is 0.168 e. The Hall–Kier alpha value is -0.0400. The van der Waals surface area contributed by atoms with E-state index in [4.69, 9.17) is 4.99 Å². The Balaban J connectivity index is 0.00000110. The standard InChI is InChI=1S/C13H20N4S2.2ClH/c1-12(2)7-14-10(15-12)18-5-9-6-19-11-16-13(3,4)8-17(9)11;;/h6H,5,7-8H2,1-4H3,(H,14,15);2*1H. The number of fused-ring (bicyclic) bond motifs is 1. The molecule has 8 heteroatoms. The predicted octanol–water partition coefficient (Wildman–Crippen LogP) is 3.34. The molecule has 0 spiro atoms.